The normalized spacial score (nSPS) is 14.8. The largest absolute Gasteiger partial charge is 0.460 e. The van der Waals surface area contributed by atoms with Crippen LogP contribution in [0.15, 0.2) is 0 Å². The second kappa shape index (κ2) is 10.1. The average molecular weight is 508 g/mol. The molecule has 5 nitrogen and oxygen atoms in total. The molecule has 0 aromatic carbocycles. The first-order chi connectivity index (χ1) is 14.2. The molecule has 0 aliphatic rings. The molecule has 0 rings (SSSR count). The Balaban J connectivity index is 5.55. The number of nitrogens with zero attached hydrogens (tertiary/aromatic N) is 1. The number of rotatable bonds is 13. The molecule has 0 saturated carbocycles. The van der Waals surface area contributed by atoms with E-state index in [1.807, 2.05) is 0 Å². The molecule has 0 bridgehead atoms. The molecule has 0 spiro atoms. The smallest absolute Gasteiger partial charge is 0.395 e. The van der Waals surface area contributed by atoms with Crippen molar-refractivity contribution in [2.75, 3.05) is 39.4 Å². The van der Waals surface area contributed by atoms with Gasteiger partial charge in [-0.05, 0) is 13.0 Å². The van der Waals surface area contributed by atoms with Gasteiger partial charge in [-0.15, -0.1) is 0 Å². The third kappa shape index (κ3) is 5.49. The summed E-state index contributed by atoms with van der Waals surface area (Å²) < 4.78 is 168. The Morgan fingerprint density at radius 2 is 1.06 bits per heavy atom. The zero-order valence-corrected chi connectivity index (χ0v) is 15.6. The molecule has 0 aromatic heterocycles. The van der Waals surface area contributed by atoms with E-state index in [4.69, 9.17) is 10.2 Å². The van der Waals surface area contributed by atoms with Crippen molar-refractivity contribution in [1.82, 2.24) is 10.2 Å². The maximum Gasteiger partial charge on any atom is 0.460 e. The fourth-order valence-corrected chi connectivity index (χ4v) is 2.15. The van der Waals surface area contributed by atoms with Crippen molar-refractivity contribution >= 4 is 5.91 Å². The Hall–Kier alpha value is -1.56. The van der Waals surface area contributed by atoms with Gasteiger partial charge in [-0.25, -0.2) is 0 Å². The van der Waals surface area contributed by atoms with Gasteiger partial charge in [0.05, 0.1) is 13.2 Å². The maximum atomic E-state index is 13.6. The van der Waals surface area contributed by atoms with Crippen LogP contribution >= 0.6 is 0 Å². The molecular weight excluding hydrogens is 491 g/mol. The molecule has 0 unspecified atom stereocenters. The highest BCUT2D eigenvalue weighted by Gasteiger charge is 2.91. The van der Waals surface area contributed by atoms with Gasteiger partial charge in [-0.2, -0.15) is 57.1 Å². The van der Waals surface area contributed by atoms with Crippen molar-refractivity contribution in [2.45, 2.75) is 42.2 Å². The number of hydrogen-bond donors (Lipinski definition) is 3. The van der Waals surface area contributed by atoms with Crippen molar-refractivity contribution in [3.63, 3.8) is 0 Å². The molecule has 32 heavy (non-hydrogen) atoms. The Labute approximate surface area is 171 Å². The van der Waals surface area contributed by atoms with Crippen molar-refractivity contribution in [2.24, 2.45) is 0 Å². The van der Waals surface area contributed by atoms with Gasteiger partial charge >= 0.3 is 35.8 Å². The predicted octanol–water partition coefficient (Wildman–Crippen LogP) is 2.52. The second-order valence-electron chi connectivity index (χ2n) is 6.27. The lowest BCUT2D eigenvalue weighted by molar-refractivity contribution is -0.436. The number of hydrogen-bond acceptors (Lipinski definition) is 4. The van der Waals surface area contributed by atoms with Crippen LogP contribution < -0.4 is 5.32 Å². The first-order valence-electron chi connectivity index (χ1n) is 8.35. The molecule has 18 heteroatoms. The van der Waals surface area contributed by atoms with Crippen molar-refractivity contribution in [1.29, 1.82) is 0 Å². The molecule has 0 fully saturated rings. The van der Waals surface area contributed by atoms with Crippen molar-refractivity contribution in [3.8, 4) is 0 Å². The lowest BCUT2D eigenvalue weighted by Crippen LogP contribution is -2.72. The Kier molecular flexibility index (Phi) is 9.65. The molecule has 0 radical (unpaired) electrons. The van der Waals surface area contributed by atoms with Gasteiger partial charge < -0.3 is 15.5 Å². The molecule has 0 aromatic rings. The maximum absolute atomic E-state index is 13.6. The van der Waals surface area contributed by atoms with Crippen LogP contribution in [-0.4, -0.2) is 96.2 Å². The van der Waals surface area contributed by atoms with Crippen molar-refractivity contribution in [3.05, 3.63) is 0 Å². The quantitative estimate of drug-likeness (QED) is 0.264. The zero-order valence-electron chi connectivity index (χ0n) is 15.6. The summed E-state index contributed by atoms with van der Waals surface area (Å²) in [6.07, 6.45) is -7.92. The average Bonchev–Trinajstić information content (AvgIpc) is 2.63. The molecule has 0 heterocycles. The molecule has 3 N–H and O–H groups in total. The van der Waals surface area contributed by atoms with E-state index in [1.165, 1.54) is 4.90 Å². The van der Waals surface area contributed by atoms with Crippen LogP contribution in [0.1, 0.15) is 6.42 Å². The highest BCUT2D eigenvalue weighted by Crippen LogP contribution is 2.60. The van der Waals surface area contributed by atoms with E-state index in [-0.39, 0.29) is 19.6 Å². The van der Waals surface area contributed by atoms with E-state index < -0.39 is 67.9 Å². The summed E-state index contributed by atoms with van der Waals surface area (Å²) in [5.41, 5.74) is 0. The van der Waals surface area contributed by atoms with E-state index in [2.05, 4.69) is 0 Å². The summed E-state index contributed by atoms with van der Waals surface area (Å²) >= 11 is 0. The van der Waals surface area contributed by atoms with Gasteiger partial charge in [-0.3, -0.25) is 9.69 Å². The van der Waals surface area contributed by atoms with Gasteiger partial charge in [0.1, 0.15) is 0 Å². The topological polar surface area (TPSA) is 72.8 Å². The predicted molar refractivity (Wildman–Crippen MR) is 79.0 cm³/mol. The highest BCUT2D eigenvalue weighted by atomic mass is 19.4. The summed E-state index contributed by atoms with van der Waals surface area (Å²) in [6, 6.07) is 0. The number of carbonyl (C=O) groups is 1. The van der Waals surface area contributed by atoms with Crippen LogP contribution in [-0.2, 0) is 4.79 Å². The summed E-state index contributed by atoms with van der Waals surface area (Å²) in [5.74, 6) is -41.8. The minimum atomic E-state index is -8.07. The van der Waals surface area contributed by atoms with Crippen LogP contribution in [0.3, 0.4) is 0 Å². The number of aliphatic hydroxyl groups is 2. The van der Waals surface area contributed by atoms with Gasteiger partial charge in [0.2, 0.25) is 0 Å². The van der Waals surface area contributed by atoms with Gasteiger partial charge in [0, 0.05) is 19.6 Å². The van der Waals surface area contributed by atoms with Gasteiger partial charge in [0.25, 0.3) is 5.91 Å². The molecule has 192 valence electrons. The lowest BCUT2D eigenvalue weighted by Gasteiger charge is -2.39. The minimum absolute atomic E-state index is 0.0720. The molecule has 0 aliphatic heterocycles. The fraction of sp³-hybridized carbons (Fsp3) is 0.929. The lowest BCUT2D eigenvalue weighted by atomic mass is 9.93. The van der Waals surface area contributed by atoms with Crippen LogP contribution in [0.2, 0.25) is 0 Å². The monoisotopic (exact) mass is 508 g/mol. The van der Waals surface area contributed by atoms with Gasteiger partial charge in [0.15, 0.2) is 0 Å². The van der Waals surface area contributed by atoms with E-state index >= 15 is 0 Å². The van der Waals surface area contributed by atoms with Crippen LogP contribution in [0.4, 0.5) is 57.1 Å². The number of alkyl halides is 13. The second-order valence-corrected chi connectivity index (χ2v) is 6.27. The van der Waals surface area contributed by atoms with E-state index in [1.54, 1.807) is 0 Å². The zero-order chi connectivity index (χ0) is 25.8. The summed E-state index contributed by atoms with van der Waals surface area (Å²) in [6.45, 7) is -2.20. The van der Waals surface area contributed by atoms with E-state index in [0.29, 0.717) is 0 Å². The van der Waals surface area contributed by atoms with E-state index in [0.717, 1.165) is 5.32 Å². The Morgan fingerprint density at radius 1 is 0.656 bits per heavy atom. The third-order valence-electron chi connectivity index (χ3n) is 3.99. The Morgan fingerprint density at radius 3 is 1.44 bits per heavy atom. The summed E-state index contributed by atoms with van der Waals surface area (Å²) in [5, 5.41) is 18.4. The number of amides is 1. The summed E-state index contributed by atoms with van der Waals surface area (Å²) in [7, 11) is 0. The Bertz CT molecular complexity index is 619. The molecule has 0 saturated heterocycles. The van der Waals surface area contributed by atoms with Crippen LogP contribution in [0.5, 0.6) is 0 Å². The van der Waals surface area contributed by atoms with Gasteiger partial charge in [-0.1, -0.05) is 0 Å². The number of halogens is 13. The molecular formula is C14H17F13N2O3. The molecule has 0 atom stereocenters. The first-order valence-corrected chi connectivity index (χ1v) is 8.35. The van der Waals surface area contributed by atoms with Crippen molar-refractivity contribution < 1.29 is 72.1 Å². The summed E-state index contributed by atoms with van der Waals surface area (Å²) in [4.78, 5) is 12.5. The van der Waals surface area contributed by atoms with Crippen LogP contribution in [0.25, 0.3) is 0 Å². The number of carbonyl (C=O) groups excluding carboxylic acids is 1. The minimum Gasteiger partial charge on any atom is -0.395 e. The molecule has 0 aliphatic carbocycles. The number of aliphatic hydroxyl groups excluding tert-OH is 2. The van der Waals surface area contributed by atoms with E-state index in [9.17, 15) is 61.9 Å². The highest BCUT2D eigenvalue weighted by molar-refractivity contribution is 5.84. The third-order valence-corrected chi connectivity index (χ3v) is 3.99. The SMILES string of the molecule is O=C(NCCCN(CCO)CCO)C(F)(F)C(F)(F)C(F)(F)C(F)(F)C(F)(F)C(F)(F)F. The molecule has 1 amide bonds. The van der Waals surface area contributed by atoms with Crippen LogP contribution in [0, 0.1) is 0 Å². The number of nitrogens with one attached hydrogen (secondary N) is 1. The first kappa shape index (κ1) is 30.4. The fourth-order valence-electron chi connectivity index (χ4n) is 2.15. The standard InChI is InChI=1S/C14H17F13N2O3/c15-9(16,8(32)28-2-1-3-29(4-6-30)5-7-31)10(17,18)11(19,20)12(21,22)13(23,24)14(25,26)27/h30-31H,1-7H2,(H,28,32).